The maximum Gasteiger partial charge on any atom is 0.409 e. The van der Waals surface area contributed by atoms with Crippen molar-refractivity contribution in [3.05, 3.63) is 33.4 Å². The summed E-state index contributed by atoms with van der Waals surface area (Å²) in [7, 11) is 3.67. The smallest absolute Gasteiger partial charge is 0.409 e. The van der Waals surface area contributed by atoms with Crippen LogP contribution in [0.3, 0.4) is 0 Å². The van der Waals surface area contributed by atoms with E-state index >= 15 is 0 Å². The van der Waals surface area contributed by atoms with Gasteiger partial charge in [0.25, 0.3) is 0 Å². The fraction of sp³-hybridized carbons (Fsp3) is 0.821. The summed E-state index contributed by atoms with van der Waals surface area (Å²) in [4.78, 5) is 26.0. The number of methoxy groups -OCH3 is 1. The highest BCUT2D eigenvalue weighted by Crippen LogP contribution is 2.32. The standard InChI is InChI=1S/C13H22N2O2.C13H24N2.C12H22N2.CH4/c1-13(2,3)15-8-10-5-6-14(12(16)17-4)7-11(10)9-15;1-5-14-7-6-11-9-15(13(2,3)4)10-12(11)8-14;1-12(2,3)14-8-10-5-6-13(4)7-11(10)9-14;/h5-9H2,1-4H3;5-10H2,1-4H3;5-9H2,1-4H3;1H4. The Labute approximate surface area is 289 Å². The molecular weight excluding hydrogens is 584 g/mol. The van der Waals surface area contributed by atoms with Crippen molar-refractivity contribution in [3.63, 3.8) is 0 Å². The van der Waals surface area contributed by atoms with Crippen LogP contribution in [-0.4, -0.2) is 151 Å². The number of rotatable bonds is 1. The van der Waals surface area contributed by atoms with E-state index in [1.54, 1.807) is 27.2 Å². The van der Waals surface area contributed by atoms with Crippen molar-refractivity contribution in [2.45, 2.75) is 113 Å². The van der Waals surface area contributed by atoms with Gasteiger partial charge in [0.15, 0.2) is 0 Å². The molecule has 0 aromatic rings. The Morgan fingerprint density at radius 1 is 0.574 bits per heavy atom. The largest absolute Gasteiger partial charge is 0.453 e. The Bertz CT molecular complexity index is 1180. The highest BCUT2D eigenvalue weighted by Gasteiger charge is 2.35. The zero-order valence-corrected chi connectivity index (χ0v) is 31.8. The highest BCUT2D eigenvalue weighted by atomic mass is 16.5. The fourth-order valence-corrected chi connectivity index (χ4v) is 7.40. The number of carbonyl (C=O) groups excluding carboxylic acids is 1. The molecular formula is C39H72N6O2. The molecule has 6 heterocycles. The first-order valence-electron chi connectivity index (χ1n) is 18.0. The number of nitrogens with zero attached hydrogens (tertiary/aromatic N) is 6. The summed E-state index contributed by atoms with van der Waals surface area (Å²) in [5, 5.41) is 0. The lowest BCUT2D eigenvalue weighted by Crippen LogP contribution is -2.40. The van der Waals surface area contributed by atoms with Gasteiger partial charge in [0.1, 0.15) is 0 Å². The molecule has 0 saturated carbocycles. The average Bonchev–Trinajstić information content (AvgIpc) is 3.72. The third-order valence-electron chi connectivity index (χ3n) is 11.0. The topological polar surface area (TPSA) is 45.7 Å². The molecule has 6 aliphatic rings. The van der Waals surface area contributed by atoms with Gasteiger partial charge in [-0.25, -0.2) is 4.79 Å². The average molecular weight is 657 g/mol. The van der Waals surface area contributed by atoms with Gasteiger partial charge < -0.3 is 14.5 Å². The molecule has 0 radical (unpaired) electrons. The van der Waals surface area contributed by atoms with Crippen LogP contribution in [0.15, 0.2) is 33.4 Å². The molecule has 0 bridgehead atoms. The van der Waals surface area contributed by atoms with E-state index in [2.05, 4.69) is 101 Å². The Kier molecular flexibility index (Phi) is 13.4. The van der Waals surface area contributed by atoms with Gasteiger partial charge in [0.2, 0.25) is 0 Å². The zero-order chi connectivity index (χ0) is 34.0. The minimum Gasteiger partial charge on any atom is -0.453 e. The van der Waals surface area contributed by atoms with Crippen molar-refractivity contribution in [3.8, 4) is 0 Å². The number of ether oxygens (including phenoxy) is 1. The highest BCUT2D eigenvalue weighted by molar-refractivity contribution is 5.68. The molecule has 1 amide bonds. The second kappa shape index (κ2) is 15.9. The Hall–Kier alpha value is -1.71. The molecule has 0 aliphatic carbocycles. The minimum absolute atomic E-state index is 0. The van der Waals surface area contributed by atoms with Gasteiger partial charge in [0, 0.05) is 95.2 Å². The molecule has 0 N–H and O–H groups in total. The lowest BCUT2D eigenvalue weighted by molar-refractivity contribution is 0.125. The van der Waals surface area contributed by atoms with Crippen LogP contribution in [0, 0.1) is 0 Å². The third-order valence-corrected chi connectivity index (χ3v) is 11.0. The van der Waals surface area contributed by atoms with Crippen LogP contribution in [0.1, 0.15) is 95.9 Å². The molecule has 0 unspecified atom stereocenters. The van der Waals surface area contributed by atoms with Crippen LogP contribution in [-0.2, 0) is 4.74 Å². The first-order valence-corrected chi connectivity index (χ1v) is 18.0. The van der Waals surface area contributed by atoms with Gasteiger partial charge in [-0.2, -0.15) is 0 Å². The summed E-state index contributed by atoms with van der Waals surface area (Å²) in [5.74, 6) is 0. The molecule has 0 atom stereocenters. The lowest BCUT2D eigenvalue weighted by Gasteiger charge is -2.32. The van der Waals surface area contributed by atoms with Crippen LogP contribution < -0.4 is 0 Å². The number of carbonyl (C=O) groups is 1. The summed E-state index contributed by atoms with van der Waals surface area (Å²) >= 11 is 0. The van der Waals surface area contributed by atoms with Crippen LogP contribution in [0.4, 0.5) is 4.79 Å². The van der Waals surface area contributed by atoms with Crippen molar-refractivity contribution < 1.29 is 9.53 Å². The molecule has 0 spiro atoms. The van der Waals surface area contributed by atoms with Gasteiger partial charge in [-0.05, 0) is 112 Å². The summed E-state index contributed by atoms with van der Waals surface area (Å²) in [6.45, 7) is 37.5. The molecule has 8 nitrogen and oxygen atoms in total. The van der Waals surface area contributed by atoms with Crippen LogP contribution in [0.5, 0.6) is 0 Å². The minimum atomic E-state index is -0.203. The van der Waals surface area contributed by atoms with E-state index in [1.165, 1.54) is 90.0 Å². The molecule has 6 aliphatic heterocycles. The van der Waals surface area contributed by atoms with E-state index in [-0.39, 0.29) is 19.1 Å². The van der Waals surface area contributed by atoms with Gasteiger partial charge in [-0.3, -0.25) is 19.6 Å². The van der Waals surface area contributed by atoms with Crippen LogP contribution in [0.25, 0.3) is 0 Å². The quantitative estimate of drug-likeness (QED) is 0.305. The normalized spacial score (nSPS) is 23.4. The SMILES string of the molecule is C.CCN1CCC2=C(C1)CN(C(C)(C)C)C2.CN1CCC2=C(C1)CN(C(C)(C)C)C2.COC(=O)N1CCC2=C(C1)CN(C(C)(C)C)C2. The van der Waals surface area contributed by atoms with Crippen molar-refractivity contribution in [2.24, 2.45) is 0 Å². The molecule has 6 rings (SSSR count). The maximum absolute atomic E-state index is 11.5. The monoisotopic (exact) mass is 657 g/mol. The van der Waals surface area contributed by atoms with E-state index in [4.69, 9.17) is 4.74 Å². The molecule has 0 saturated heterocycles. The van der Waals surface area contributed by atoms with Crippen molar-refractivity contribution in [2.75, 3.05) is 99.2 Å². The second-order valence-electron chi connectivity index (χ2n) is 17.5. The summed E-state index contributed by atoms with van der Waals surface area (Å²) in [5.41, 5.74) is 10.6. The molecule has 0 aromatic carbocycles. The first-order chi connectivity index (χ1) is 21.4. The fourth-order valence-electron chi connectivity index (χ4n) is 7.40. The zero-order valence-electron chi connectivity index (χ0n) is 31.8. The van der Waals surface area contributed by atoms with Gasteiger partial charge >= 0.3 is 6.09 Å². The molecule has 8 heteroatoms. The van der Waals surface area contributed by atoms with E-state index < -0.39 is 0 Å². The lowest BCUT2D eigenvalue weighted by atomic mass is 10.0. The van der Waals surface area contributed by atoms with Crippen LogP contribution >= 0.6 is 0 Å². The van der Waals surface area contributed by atoms with Gasteiger partial charge in [0.05, 0.1) is 7.11 Å². The Morgan fingerprint density at radius 2 is 0.957 bits per heavy atom. The van der Waals surface area contributed by atoms with Gasteiger partial charge in [-0.15, -0.1) is 0 Å². The van der Waals surface area contributed by atoms with Gasteiger partial charge in [-0.1, -0.05) is 31.1 Å². The van der Waals surface area contributed by atoms with E-state index in [0.717, 1.165) is 32.6 Å². The summed E-state index contributed by atoms with van der Waals surface area (Å²) in [6, 6.07) is 0. The predicted octanol–water partition coefficient (Wildman–Crippen LogP) is 6.36. The number of hydrogen-bond acceptors (Lipinski definition) is 7. The van der Waals surface area contributed by atoms with Crippen LogP contribution in [0.2, 0.25) is 0 Å². The molecule has 47 heavy (non-hydrogen) atoms. The molecule has 0 aromatic heterocycles. The van der Waals surface area contributed by atoms with E-state index in [0.29, 0.717) is 11.1 Å². The van der Waals surface area contributed by atoms with Crippen molar-refractivity contribution in [1.29, 1.82) is 0 Å². The number of hydrogen-bond donors (Lipinski definition) is 0. The first kappa shape index (κ1) is 39.7. The second-order valence-corrected chi connectivity index (χ2v) is 17.5. The van der Waals surface area contributed by atoms with E-state index in [1.807, 2.05) is 0 Å². The summed E-state index contributed by atoms with van der Waals surface area (Å²) < 4.78 is 4.78. The maximum atomic E-state index is 11.5. The van der Waals surface area contributed by atoms with E-state index in [9.17, 15) is 4.79 Å². The van der Waals surface area contributed by atoms with Crippen molar-refractivity contribution >= 4 is 6.09 Å². The predicted molar refractivity (Wildman–Crippen MR) is 199 cm³/mol. The Balaban J connectivity index is 0.000000190. The Morgan fingerprint density at radius 3 is 1.38 bits per heavy atom. The summed E-state index contributed by atoms with van der Waals surface area (Å²) in [6.07, 6.45) is 3.39. The van der Waals surface area contributed by atoms with Crippen molar-refractivity contribution in [1.82, 2.24) is 29.4 Å². The molecule has 270 valence electrons. The number of likely N-dealkylation sites (N-methyl/N-ethyl adjacent to an activating group) is 2. The third kappa shape index (κ3) is 10.4. The number of amides is 1. The molecule has 0 fully saturated rings.